The van der Waals surface area contributed by atoms with E-state index in [4.69, 9.17) is 18.9 Å². The van der Waals surface area contributed by atoms with Crippen LogP contribution >= 0.6 is 0 Å². The van der Waals surface area contributed by atoms with Crippen molar-refractivity contribution in [2.45, 2.75) is 38.5 Å². The molecular formula is C28H36FN3O5. The van der Waals surface area contributed by atoms with E-state index in [0.717, 1.165) is 30.8 Å². The maximum Gasteiger partial charge on any atom is 0.161 e. The summed E-state index contributed by atoms with van der Waals surface area (Å²) >= 11 is 0. The maximum atomic E-state index is 13.2. The maximum absolute atomic E-state index is 13.2. The smallest absolute Gasteiger partial charge is 0.161 e. The van der Waals surface area contributed by atoms with Gasteiger partial charge in [-0.25, -0.2) is 9.37 Å². The second-order valence-electron chi connectivity index (χ2n) is 9.31. The molecule has 1 unspecified atom stereocenters. The molecular weight excluding hydrogens is 477 g/mol. The molecule has 200 valence electrons. The summed E-state index contributed by atoms with van der Waals surface area (Å²) in [5.74, 6) is 2.62. The number of hydrogen-bond donors (Lipinski definition) is 1. The number of imidazole rings is 1. The van der Waals surface area contributed by atoms with E-state index in [9.17, 15) is 9.50 Å². The first-order chi connectivity index (χ1) is 18.0. The van der Waals surface area contributed by atoms with Crippen LogP contribution in [0.15, 0.2) is 54.9 Å². The fraction of sp³-hybridized carbons (Fsp3) is 0.464. The first kappa shape index (κ1) is 26.9. The zero-order chi connectivity index (χ0) is 26.1. The highest BCUT2D eigenvalue weighted by Crippen LogP contribution is 2.29. The molecule has 2 heterocycles. The monoisotopic (exact) mass is 513 g/mol. The number of aromatic nitrogens is 2. The lowest BCUT2D eigenvalue weighted by atomic mass is 10.1. The van der Waals surface area contributed by atoms with Crippen molar-refractivity contribution in [1.29, 1.82) is 0 Å². The van der Waals surface area contributed by atoms with Gasteiger partial charge in [-0.2, -0.15) is 0 Å². The molecule has 1 aliphatic rings. The van der Waals surface area contributed by atoms with Crippen molar-refractivity contribution in [2.24, 2.45) is 0 Å². The Balaban J connectivity index is 1.34. The van der Waals surface area contributed by atoms with Gasteiger partial charge in [0, 0.05) is 45.0 Å². The molecule has 9 heteroatoms. The van der Waals surface area contributed by atoms with E-state index in [0.29, 0.717) is 50.1 Å². The molecule has 1 N–H and O–H groups in total. The molecule has 0 radical (unpaired) electrons. The second-order valence-corrected chi connectivity index (χ2v) is 9.31. The molecule has 0 spiro atoms. The van der Waals surface area contributed by atoms with Crippen LogP contribution in [0.2, 0.25) is 0 Å². The first-order valence-electron chi connectivity index (χ1n) is 12.7. The molecule has 1 fully saturated rings. The van der Waals surface area contributed by atoms with Gasteiger partial charge in [-0.3, -0.25) is 4.90 Å². The zero-order valence-electron chi connectivity index (χ0n) is 21.6. The number of hydrogen-bond acceptors (Lipinski definition) is 7. The van der Waals surface area contributed by atoms with E-state index in [2.05, 4.69) is 21.4 Å². The average Bonchev–Trinajstić information content (AvgIpc) is 3.28. The average molecular weight is 514 g/mol. The van der Waals surface area contributed by atoms with Crippen molar-refractivity contribution >= 4 is 0 Å². The molecule has 2 aromatic carbocycles. The van der Waals surface area contributed by atoms with E-state index in [1.807, 2.05) is 30.6 Å². The van der Waals surface area contributed by atoms with E-state index in [1.165, 1.54) is 12.1 Å². The van der Waals surface area contributed by atoms with Crippen LogP contribution in [0.4, 0.5) is 4.39 Å². The van der Waals surface area contributed by atoms with Gasteiger partial charge in [0.25, 0.3) is 0 Å². The summed E-state index contributed by atoms with van der Waals surface area (Å²) < 4.78 is 38.3. The highest BCUT2D eigenvalue weighted by molar-refractivity contribution is 5.43. The fourth-order valence-corrected chi connectivity index (χ4v) is 4.43. The summed E-state index contributed by atoms with van der Waals surface area (Å²) in [6.45, 7) is 5.87. The summed E-state index contributed by atoms with van der Waals surface area (Å²) in [6, 6.07) is 11.7. The third-order valence-electron chi connectivity index (χ3n) is 6.31. The van der Waals surface area contributed by atoms with Crippen LogP contribution in [0.3, 0.4) is 0 Å². The molecule has 0 aliphatic carbocycles. The summed E-state index contributed by atoms with van der Waals surface area (Å²) in [7, 11) is 1.63. The Morgan fingerprint density at radius 1 is 1.14 bits per heavy atom. The molecule has 0 bridgehead atoms. The Hall–Kier alpha value is -3.14. The first-order valence-corrected chi connectivity index (χ1v) is 12.7. The Labute approximate surface area is 217 Å². The number of benzene rings is 2. The van der Waals surface area contributed by atoms with Crippen LogP contribution in [0.25, 0.3) is 0 Å². The summed E-state index contributed by atoms with van der Waals surface area (Å²) in [6.07, 6.45) is 5.58. The van der Waals surface area contributed by atoms with Crippen molar-refractivity contribution in [3.63, 3.8) is 0 Å². The summed E-state index contributed by atoms with van der Waals surface area (Å²) in [5.41, 5.74) is -0.149. The van der Waals surface area contributed by atoms with Gasteiger partial charge in [0.2, 0.25) is 0 Å². The van der Waals surface area contributed by atoms with Crippen molar-refractivity contribution in [3.05, 3.63) is 72.1 Å². The molecule has 0 amide bonds. The highest BCUT2D eigenvalue weighted by atomic mass is 19.1. The minimum Gasteiger partial charge on any atom is -0.493 e. The van der Waals surface area contributed by atoms with Crippen molar-refractivity contribution in [1.82, 2.24) is 14.5 Å². The Morgan fingerprint density at radius 2 is 1.97 bits per heavy atom. The molecule has 1 aromatic heterocycles. The number of aliphatic hydroxyl groups is 1. The molecule has 3 aromatic rings. The third kappa shape index (κ3) is 7.67. The van der Waals surface area contributed by atoms with Gasteiger partial charge in [-0.05, 0) is 48.4 Å². The molecule has 0 saturated carbocycles. The van der Waals surface area contributed by atoms with Crippen molar-refractivity contribution in [2.75, 3.05) is 46.6 Å². The number of aryl methyl sites for hydroxylation is 2. The van der Waals surface area contributed by atoms with Crippen molar-refractivity contribution < 1.29 is 28.4 Å². The molecule has 1 atom stereocenters. The van der Waals surface area contributed by atoms with Crippen LogP contribution in [-0.4, -0.2) is 71.8 Å². The number of nitrogens with zero attached hydrogens (tertiary/aromatic N) is 3. The van der Waals surface area contributed by atoms with Gasteiger partial charge in [0.15, 0.2) is 11.5 Å². The van der Waals surface area contributed by atoms with E-state index >= 15 is 0 Å². The number of rotatable bonds is 12. The third-order valence-corrected chi connectivity index (χ3v) is 6.31. The lowest BCUT2D eigenvalue weighted by molar-refractivity contribution is -0.0646. The minimum atomic E-state index is -1.19. The topological polar surface area (TPSA) is 78.2 Å². The Morgan fingerprint density at radius 3 is 2.76 bits per heavy atom. The fourth-order valence-electron chi connectivity index (χ4n) is 4.43. The molecule has 1 aliphatic heterocycles. The molecule has 8 nitrogen and oxygen atoms in total. The Bertz CT molecular complexity index is 1120. The van der Waals surface area contributed by atoms with Gasteiger partial charge in [0.05, 0.1) is 26.9 Å². The van der Waals surface area contributed by atoms with Crippen LogP contribution in [-0.2, 0) is 24.2 Å². The number of halogens is 1. The number of methoxy groups -OCH3 is 1. The standard InChI is InChI=1S/C28H36FN3O5/c1-3-27-30-11-13-32(27)12-4-15-36-26-17-22(5-10-25(26)34-2)18-31-14-16-35-20-28(33,19-31)21-37-24-8-6-23(29)7-9-24/h5-11,13,17,33H,3-4,12,14-16,18-21H2,1-2H3. The predicted octanol–water partition coefficient (Wildman–Crippen LogP) is 3.70. The quantitative estimate of drug-likeness (QED) is 0.370. The van der Waals surface area contributed by atoms with Gasteiger partial charge in [-0.1, -0.05) is 13.0 Å². The van der Waals surface area contributed by atoms with Crippen LogP contribution in [0.1, 0.15) is 24.7 Å². The summed E-state index contributed by atoms with van der Waals surface area (Å²) in [4.78, 5) is 6.50. The lowest BCUT2D eigenvalue weighted by Gasteiger charge is -2.30. The van der Waals surface area contributed by atoms with Gasteiger partial charge < -0.3 is 28.6 Å². The number of ether oxygens (including phenoxy) is 4. The second kappa shape index (κ2) is 12.9. The van der Waals surface area contributed by atoms with Crippen LogP contribution in [0, 0.1) is 5.82 Å². The lowest BCUT2D eigenvalue weighted by Crippen LogP contribution is -2.48. The van der Waals surface area contributed by atoms with Crippen LogP contribution in [0.5, 0.6) is 17.2 Å². The normalized spacial score (nSPS) is 18.4. The summed E-state index contributed by atoms with van der Waals surface area (Å²) in [5, 5.41) is 11.2. The van der Waals surface area contributed by atoms with Crippen molar-refractivity contribution in [3.8, 4) is 17.2 Å². The van der Waals surface area contributed by atoms with Gasteiger partial charge in [-0.15, -0.1) is 0 Å². The SMILES string of the molecule is CCc1nccn1CCCOc1cc(CN2CCOCC(O)(COc3ccc(F)cc3)C2)ccc1OC. The number of β-amino-alcohol motifs (C(OH)–C–C–N with tert-alkyl or cyclic N) is 1. The Kier molecular flexibility index (Phi) is 9.38. The predicted molar refractivity (Wildman–Crippen MR) is 138 cm³/mol. The largest absolute Gasteiger partial charge is 0.493 e. The zero-order valence-corrected chi connectivity index (χ0v) is 21.6. The minimum absolute atomic E-state index is 0.0444. The molecule has 4 rings (SSSR count). The van der Waals surface area contributed by atoms with Crippen LogP contribution < -0.4 is 14.2 Å². The van der Waals surface area contributed by atoms with Gasteiger partial charge in [0.1, 0.15) is 29.6 Å². The van der Waals surface area contributed by atoms with E-state index in [-0.39, 0.29) is 19.0 Å². The van der Waals surface area contributed by atoms with E-state index < -0.39 is 5.60 Å². The molecule has 37 heavy (non-hydrogen) atoms. The highest BCUT2D eigenvalue weighted by Gasteiger charge is 2.33. The molecule has 1 saturated heterocycles. The van der Waals surface area contributed by atoms with E-state index in [1.54, 1.807) is 19.2 Å². The van der Waals surface area contributed by atoms with Gasteiger partial charge >= 0.3 is 0 Å².